The van der Waals surface area contributed by atoms with Crippen molar-refractivity contribution in [1.82, 2.24) is 19.9 Å². The first-order valence-electron chi connectivity index (χ1n) is 16.4. The van der Waals surface area contributed by atoms with Gasteiger partial charge < -0.3 is 0 Å². The van der Waals surface area contributed by atoms with Crippen LogP contribution >= 0.6 is 0 Å². The van der Waals surface area contributed by atoms with Crippen molar-refractivity contribution >= 4 is 38.1 Å². The predicted molar refractivity (Wildman–Crippen MR) is 204 cm³/mol. The Hall–Kier alpha value is -7.03. The molecule has 0 N–H and O–H groups in total. The molecule has 5 nitrogen and oxygen atoms in total. The van der Waals surface area contributed by atoms with E-state index >= 15 is 0 Å². The number of aromatic nitrogens is 4. The first kappa shape index (κ1) is 29.1. The molecule has 0 radical (unpaired) electrons. The van der Waals surface area contributed by atoms with Crippen LogP contribution in [0, 0.1) is 6.57 Å². The summed E-state index contributed by atoms with van der Waals surface area (Å²) in [5, 5.41) is 5.67. The number of nitrogens with zero attached hydrogens (tertiary/aromatic N) is 5. The molecule has 0 aliphatic rings. The van der Waals surface area contributed by atoms with Gasteiger partial charge in [0, 0.05) is 38.4 Å². The normalized spacial score (nSPS) is 11.2. The maximum Gasteiger partial charge on any atom is 0.187 e. The molecule has 0 spiro atoms. The van der Waals surface area contributed by atoms with Gasteiger partial charge in [-0.2, -0.15) is 0 Å². The van der Waals surface area contributed by atoms with Gasteiger partial charge in [0.1, 0.15) is 0 Å². The molecule has 0 bridgehead atoms. The van der Waals surface area contributed by atoms with Gasteiger partial charge in [-0.3, -0.25) is 0 Å². The number of hydrogen-bond donors (Lipinski definition) is 0. The van der Waals surface area contributed by atoms with Crippen LogP contribution in [0.25, 0.3) is 93.8 Å². The van der Waals surface area contributed by atoms with E-state index in [0.29, 0.717) is 23.2 Å². The van der Waals surface area contributed by atoms with E-state index < -0.39 is 0 Å². The van der Waals surface area contributed by atoms with Gasteiger partial charge in [-0.15, -0.1) is 0 Å². The van der Waals surface area contributed by atoms with Crippen LogP contribution < -0.4 is 0 Å². The summed E-state index contributed by atoms with van der Waals surface area (Å²) in [6.07, 6.45) is 0. The van der Waals surface area contributed by atoms with Gasteiger partial charge in [0.2, 0.25) is 0 Å². The van der Waals surface area contributed by atoms with Crippen LogP contribution in [0.5, 0.6) is 0 Å². The Bertz CT molecular complexity index is 2680. The fourth-order valence-corrected chi connectivity index (χ4v) is 6.70. The predicted octanol–water partition coefficient (Wildman–Crippen LogP) is 11.6. The Morgan fingerprint density at radius 3 is 1.46 bits per heavy atom. The third-order valence-corrected chi connectivity index (χ3v) is 9.13. The molecule has 0 saturated carbocycles. The molecule has 7 aromatic carbocycles. The highest BCUT2D eigenvalue weighted by atomic mass is 15.0. The molecule has 0 fully saturated rings. The van der Waals surface area contributed by atoms with E-state index in [0.717, 1.165) is 66.1 Å². The van der Waals surface area contributed by atoms with E-state index in [1.165, 1.54) is 5.39 Å². The first-order chi connectivity index (χ1) is 24.7. The maximum absolute atomic E-state index is 7.43. The lowest BCUT2D eigenvalue weighted by molar-refractivity contribution is 1.07. The van der Waals surface area contributed by atoms with Crippen molar-refractivity contribution in [2.24, 2.45) is 0 Å². The van der Waals surface area contributed by atoms with Crippen molar-refractivity contribution in [2.45, 2.75) is 0 Å². The number of rotatable bonds is 5. The minimum atomic E-state index is 0.608. The average molecular weight is 638 g/mol. The minimum absolute atomic E-state index is 0.608. The molecule has 0 aliphatic heterocycles. The quantitative estimate of drug-likeness (QED) is 0.139. The van der Waals surface area contributed by atoms with E-state index in [1.807, 2.05) is 91.0 Å². The zero-order chi connectivity index (χ0) is 33.4. The van der Waals surface area contributed by atoms with Gasteiger partial charge in [-0.1, -0.05) is 152 Å². The summed E-state index contributed by atoms with van der Waals surface area (Å²) in [7, 11) is 0. The molecule has 0 amide bonds. The molecule has 0 saturated heterocycles. The van der Waals surface area contributed by atoms with Gasteiger partial charge in [0.25, 0.3) is 0 Å². The lowest BCUT2D eigenvalue weighted by Crippen LogP contribution is -2.00. The smallest absolute Gasteiger partial charge is 0.187 e. The van der Waals surface area contributed by atoms with Gasteiger partial charge in [0.15, 0.2) is 23.2 Å². The van der Waals surface area contributed by atoms with E-state index in [4.69, 9.17) is 26.5 Å². The monoisotopic (exact) mass is 637 g/mol. The molecule has 9 rings (SSSR count). The Labute approximate surface area is 289 Å². The first-order valence-corrected chi connectivity index (χ1v) is 16.4. The number of fused-ring (bicyclic) bond motifs is 5. The molecule has 0 unspecified atom stereocenters. The molecule has 0 atom stereocenters. The molecular formula is C45H27N5. The summed E-state index contributed by atoms with van der Waals surface area (Å²) in [4.78, 5) is 23.6. The van der Waals surface area contributed by atoms with Crippen molar-refractivity contribution in [3.63, 3.8) is 0 Å². The molecule has 2 heterocycles. The highest BCUT2D eigenvalue weighted by molar-refractivity contribution is 6.25. The van der Waals surface area contributed by atoms with Crippen LogP contribution in [0.2, 0.25) is 0 Å². The van der Waals surface area contributed by atoms with Crippen molar-refractivity contribution in [2.75, 3.05) is 0 Å². The third kappa shape index (κ3) is 5.13. The van der Waals surface area contributed by atoms with E-state index in [-0.39, 0.29) is 0 Å². The van der Waals surface area contributed by atoms with Crippen molar-refractivity contribution in [3.05, 3.63) is 175 Å². The van der Waals surface area contributed by atoms with Crippen LogP contribution in [0.1, 0.15) is 0 Å². The van der Waals surface area contributed by atoms with E-state index in [1.54, 1.807) is 0 Å². The second kappa shape index (κ2) is 12.2. The Morgan fingerprint density at radius 1 is 0.380 bits per heavy atom. The summed E-state index contributed by atoms with van der Waals surface area (Å²) in [6.45, 7) is 7.43. The lowest BCUT2D eigenvalue weighted by atomic mass is 9.90. The summed E-state index contributed by atoms with van der Waals surface area (Å²) < 4.78 is 0. The lowest BCUT2D eigenvalue weighted by Gasteiger charge is -2.16. The van der Waals surface area contributed by atoms with Crippen LogP contribution in [0.15, 0.2) is 164 Å². The molecule has 232 valence electrons. The van der Waals surface area contributed by atoms with Crippen molar-refractivity contribution < 1.29 is 0 Å². The molecule has 50 heavy (non-hydrogen) atoms. The number of benzene rings is 7. The zero-order valence-electron chi connectivity index (χ0n) is 26.8. The summed E-state index contributed by atoms with van der Waals surface area (Å²) in [5.74, 6) is 1.87. The number of hydrogen-bond acceptors (Lipinski definition) is 4. The van der Waals surface area contributed by atoms with Crippen LogP contribution in [0.4, 0.5) is 5.69 Å². The van der Waals surface area contributed by atoms with Crippen LogP contribution in [0.3, 0.4) is 0 Å². The standard InChI is InChI=1S/C45H27N5/c1-46-34-26-24-29(25-27-34)38-28-39-41(36-17-9-8-16-35(36)38)37-18-10-11-19-40(37)47-42(39)30-20-22-33(23-21-30)45-49-43(31-12-4-2-5-13-31)48-44(50-45)32-14-6-3-7-15-32/h2-28H. The third-order valence-electron chi connectivity index (χ3n) is 9.13. The maximum atomic E-state index is 7.43. The average Bonchev–Trinajstić information content (AvgIpc) is 3.20. The summed E-state index contributed by atoms with van der Waals surface area (Å²) in [5.41, 5.74) is 8.38. The molecule has 9 aromatic rings. The van der Waals surface area contributed by atoms with Gasteiger partial charge in [0.05, 0.1) is 17.8 Å². The fraction of sp³-hybridized carbons (Fsp3) is 0. The van der Waals surface area contributed by atoms with E-state index in [9.17, 15) is 0 Å². The fourth-order valence-electron chi connectivity index (χ4n) is 6.70. The molecular weight excluding hydrogens is 611 g/mol. The zero-order valence-corrected chi connectivity index (χ0v) is 26.8. The Kier molecular flexibility index (Phi) is 7.11. The second-order valence-electron chi connectivity index (χ2n) is 12.1. The van der Waals surface area contributed by atoms with E-state index in [2.05, 4.69) is 77.6 Å². The molecule has 0 aliphatic carbocycles. The van der Waals surface area contributed by atoms with Crippen molar-refractivity contribution in [1.29, 1.82) is 0 Å². The van der Waals surface area contributed by atoms with Crippen molar-refractivity contribution in [3.8, 4) is 56.5 Å². The van der Waals surface area contributed by atoms with Crippen LogP contribution in [-0.2, 0) is 0 Å². The molecule has 2 aromatic heterocycles. The topological polar surface area (TPSA) is 55.9 Å². The SMILES string of the molecule is [C-]#[N+]c1ccc(-c2cc3c(-c4ccc(-c5nc(-c6ccccc6)nc(-c6ccccc6)n5)cc4)nc4ccccc4c3c3ccccc23)cc1. The number of pyridine rings is 1. The largest absolute Gasteiger partial charge is 0.247 e. The summed E-state index contributed by atoms with van der Waals surface area (Å²) >= 11 is 0. The Morgan fingerprint density at radius 2 is 0.860 bits per heavy atom. The summed E-state index contributed by atoms with van der Waals surface area (Å²) in [6, 6.07) is 55.4. The van der Waals surface area contributed by atoms with Crippen LogP contribution in [-0.4, -0.2) is 19.9 Å². The van der Waals surface area contributed by atoms with Gasteiger partial charge in [-0.05, 0) is 34.0 Å². The second-order valence-corrected chi connectivity index (χ2v) is 12.1. The van der Waals surface area contributed by atoms with Gasteiger partial charge in [-0.25, -0.2) is 24.8 Å². The number of para-hydroxylation sites is 1. The highest BCUT2D eigenvalue weighted by Gasteiger charge is 2.18. The minimum Gasteiger partial charge on any atom is -0.247 e. The Balaban J connectivity index is 1.23. The molecule has 5 heteroatoms. The van der Waals surface area contributed by atoms with Gasteiger partial charge >= 0.3 is 0 Å². The highest BCUT2D eigenvalue weighted by Crippen LogP contribution is 2.42.